The predicted octanol–water partition coefficient (Wildman–Crippen LogP) is 4.61. The first-order chi connectivity index (χ1) is 11.8. The van der Waals surface area contributed by atoms with Crippen molar-refractivity contribution in [2.45, 2.75) is 17.0 Å². The number of aryl methyl sites for hydroxylation is 1. The molecule has 1 aliphatic rings. The van der Waals surface area contributed by atoms with Gasteiger partial charge in [0.1, 0.15) is 0 Å². The van der Waals surface area contributed by atoms with Gasteiger partial charge in [0.15, 0.2) is 15.8 Å². The summed E-state index contributed by atoms with van der Waals surface area (Å²) in [5.41, 5.74) is 3.41. The van der Waals surface area contributed by atoms with Crippen LogP contribution >= 0.6 is 23.1 Å². The summed E-state index contributed by atoms with van der Waals surface area (Å²) in [7, 11) is 0. The third-order valence-electron chi connectivity index (χ3n) is 3.48. The standard InChI is InChI=1S/C17H15N3O2S2/c1-11-3-2-4-13(7-11)18-16-19-20-17(24-16)23-9-12-5-6-14-15(8-12)22-10-21-14/h2-8H,9-10H2,1H3,(H,18,19). The molecule has 4 rings (SSSR count). The normalized spacial score (nSPS) is 12.4. The summed E-state index contributed by atoms with van der Waals surface area (Å²) in [4.78, 5) is 0. The number of benzene rings is 2. The largest absolute Gasteiger partial charge is 0.454 e. The van der Waals surface area contributed by atoms with Crippen molar-refractivity contribution in [3.8, 4) is 11.5 Å². The molecule has 0 spiro atoms. The Hall–Kier alpha value is -2.25. The lowest BCUT2D eigenvalue weighted by molar-refractivity contribution is 0.174. The van der Waals surface area contributed by atoms with Crippen molar-refractivity contribution < 1.29 is 9.47 Å². The van der Waals surface area contributed by atoms with E-state index in [1.54, 1.807) is 23.1 Å². The minimum absolute atomic E-state index is 0.302. The quantitative estimate of drug-likeness (QED) is 0.673. The van der Waals surface area contributed by atoms with Crippen LogP contribution in [0.15, 0.2) is 46.8 Å². The fraction of sp³-hybridized carbons (Fsp3) is 0.176. The highest BCUT2D eigenvalue weighted by atomic mass is 32.2. The predicted molar refractivity (Wildman–Crippen MR) is 96.5 cm³/mol. The maximum atomic E-state index is 5.40. The zero-order valence-electron chi connectivity index (χ0n) is 13.0. The molecule has 2 heterocycles. The van der Waals surface area contributed by atoms with Crippen LogP contribution in [0.1, 0.15) is 11.1 Å². The summed E-state index contributed by atoms with van der Waals surface area (Å²) in [5, 5.41) is 12.5. The van der Waals surface area contributed by atoms with Gasteiger partial charge in [0, 0.05) is 11.4 Å². The molecule has 0 unspecified atom stereocenters. The number of aromatic nitrogens is 2. The van der Waals surface area contributed by atoms with Crippen molar-refractivity contribution in [2.24, 2.45) is 0 Å². The molecule has 0 saturated heterocycles. The van der Waals surface area contributed by atoms with Crippen LogP contribution in [0.5, 0.6) is 11.5 Å². The Bertz CT molecular complexity index is 867. The van der Waals surface area contributed by atoms with E-state index in [4.69, 9.17) is 9.47 Å². The van der Waals surface area contributed by atoms with Gasteiger partial charge in [-0.3, -0.25) is 0 Å². The number of fused-ring (bicyclic) bond motifs is 1. The van der Waals surface area contributed by atoms with E-state index in [1.165, 1.54) is 11.1 Å². The molecule has 1 N–H and O–H groups in total. The summed E-state index contributed by atoms with van der Waals surface area (Å²) in [6, 6.07) is 14.2. The summed E-state index contributed by atoms with van der Waals surface area (Å²) in [5.74, 6) is 2.44. The van der Waals surface area contributed by atoms with Crippen LogP contribution in [0.25, 0.3) is 0 Å². The third-order valence-corrected chi connectivity index (χ3v) is 5.52. The number of anilines is 2. The molecule has 1 aliphatic heterocycles. The maximum absolute atomic E-state index is 5.40. The highest BCUT2D eigenvalue weighted by Gasteiger charge is 2.13. The first-order valence-electron chi connectivity index (χ1n) is 7.45. The van der Waals surface area contributed by atoms with Gasteiger partial charge < -0.3 is 14.8 Å². The first kappa shape index (κ1) is 15.3. The highest BCUT2D eigenvalue weighted by molar-refractivity contribution is 8.00. The lowest BCUT2D eigenvalue weighted by Gasteiger charge is -2.02. The van der Waals surface area contributed by atoms with Gasteiger partial charge in [-0.15, -0.1) is 10.2 Å². The second-order valence-electron chi connectivity index (χ2n) is 5.34. The number of hydrogen-bond acceptors (Lipinski definition) is 7. The Kier molecular flexibility index (Phi) is 4.27. The summed E-state index contributed by atoms with van der Waals surface area (Å²) in [6.07, 6.45) is 0. The minimum Gasteiger partial charge on any atom is -0.454 e. The number of nitrogens with one attached hydrogen (secondary N) is 1. The molecule has 1 aromatic heterocycles. The fourth-order valence-corrected chi connectivity index (χ4v) is 4.06. The average molecular weight is 357 g/mol. The molecule has 7 heteroatoms. The van der Waals surface area contributed by atoms with E-state index in [1.807, 2.05) is 30.3 Å². The molecule has 3 aromatic rings. The van der Waals surface area contributed by atoms with E-state index in [0.717, 1.165) is 32.4 Å². The zero-order valence-corrected chi connectivity index (χ0v) is 14.6. The summed E-state index contributed by atoms with van der Waals surface area (Å²) < 4.78 is 11.7. The van der Waals surface area contributed by atoms with Crippen LogP contribution in [0.3, 0.4) is 0 Å². The van der Waals surface area contributed by atoms with Gasteiger partial charge in [-0.1, -0.05) is 41.3 Å². The van der Waals surface area contributed by atoms with Gasteiger partial charge in [-0.25, -0.2) is 0 Å². The van der Waals surface area contributed by atoms with Crippen molar-refractivity contribution in [2.75, 3.05) is 12.1 Å². The average Bonchev–Trinajstić information content (AvgIpc) is 3.21. The molecule has 0 radical (unpaired) electrons. The monoisotopic (exact) mass is 357 g/mol. The third kappa shape index (κ3) is 3.47. The van der Waals surface area contributed by atoms with Gasteiger partial charge in [0.25, 0.3) is 0 Å². The first-order valence-corrected chi connectivity index (χ1v) is 9.25. The molecule has 0 aliphatic carbocycles. The number of nitrogens with zero attached hydrogens (tertiary/aromatic N) is 2. The van der Waals surface area contributed by atoms with Crippen molar-refractivity contribution in [1.29, 1.82) is 0 Å². The van der Waals surface area contributed by atoms with Crippen LogP contribution in [0.4, 0.5) is 10.8 Å². The molecule has 0 atom stereocenters. The van der Waals surface area contributed by atoms with Crippen molar-refractivity contribution in [3.63, 3.8) is 0 Å². The zero-order chi connectivity index (χ0) is 16.4. The van der Waals surface area contributed by atoms with Crippen LogP contribution in [-0.4, -0.2) is 17.0 Å². The fourth-order valence-electron chi connectivity index (χ4n) is 2.34. The maximum Gasteiger partial charge on any atom is 0.231 e. The van der Waals surface area contributed by atoms with Gasteiger partial charge in [0.2, 0.25) is 11.9 Å². The van der Waals surface area contributed by atoms with E-state index in [0.29, 0.717) is 6.79 Å². The van der Waals surface area contributed by atoms with Crippen LogP contribution in [-0.2, 0) is 5.75 Å². The molecule has 5 nitrogen and oxygen atoms in total. The molecule has 0 bridgehead atoms. The van der Waals surface area contributed by atoms with Crippen LogP contribution in [0, 0.1) is 6.92 Å². The lowest BCUT2D eigenvalue weighted by atomic mass is 10.2. The molecule has 2 aromatic carbocycles. The van der Waals surface area contributed by atoms with Gasteiger partial charge in [-0.2, -0.15) is 0 Å². The second-order valence-corrected chi connectivity index (χ2v) is 7.54. The summed E-state index contributed by atoms with van der Waals surface area (Å²) >= 11 is 3.21. The van der Waals surface area contributed by atoms with E-state index >= 15 is 0 Å². The number of thioether (sulfide) groups is 1. The number of rotatable bonds is 5. The second kappa shape index (κ2) is 6.70. The Morgan fingerprint density at radius 3 is 2.96 bits per heavy atom. The van der Waals surface area contributed by atoms with Crippen molar-refractivity contribution in [1.82, 2.24) is 10.2 Å². The molecule has 0 amide bonds. The Labute approximate surface area is 148 Å². The number of hydrogen-bond donors (Lipinski definition) is 1. The van der Waals surface area contributed by atoms with E-state index < -0.39 is 0 Å². The van der Waals surface area contributed by atoms with E-state index in [9.17, 15) is 0 Å². The highest BCUT2D eigenvalue weighted by Crippen LogP contribution is 2.35. The van der Waals surface area contributed by atoms with Gasteiger partial charge >= 0.3 is 0 Å². The van der Waals surface area contributed by atoms with Crippen molar-refractivity contribution >= 4 is 33.9 Å². The van der Waals surface area contributed by atoms with Gasteiger partial charge in [-0.05, 0) is 42.3 Å². The minimum atomic E-state index is 0.302. The Balaban J connectivity index is 1.38. The Morgan fingerprint density at radius 2 is 2.04 bits per heavy atom. The molecular formula is C17H15N3O2S2. The lowest BCUT2D eigenvalue weighted by Crippen LogP contribution is -1.92. The summed E-state index contributed by atoms with van der Waals surface area (Å²) in [6.45, 7) is 2.37. The van der Waals surface area contributed by atoms with Gasteiger partial charge in [0.05, 0.1) is 0 Å². The molecule has 0 fully saturated rings. The topological polar surface area (TPSA) is 56.3 Å². The van der Waals surface area contributed by atoms with Crippen LogP contribution < -0.4 is 14.8 Å². The SMILES string of the molecule is Cc1cccc(Nc2nnc(SCc3ccc4c(c3)OCO4)s2)c1. The van der Waals surface area contributed by atoms with Crippen LogP contribution in [0.2, 0.25) is 0 Å². The molecule has 122 valence electrons. The van der Waals surface area contributed by atoms with E-state index in [2.05, 4.69) is 34.6 Å². The smallest absolute Gasteiger partial charge is 0.231 e. The Morgan fingerprint density at radius 1 is 1.12 bits per heavy atom. The number of ether oxygens (including phenoxy) is 2. The molecule has 24 heavy (non-hydrogen) atoms. The molecule has 0 saturated carbocycles. The van der Waals surface area contributed by atoms with E-state index in [-0.39, 0.29) is 0 Å². The molecular weight excluding hydrogens is 342 g/mol. The van der Waals surface area contributed by atoms with Crippen molar-refractivity contribution in [3.05, 3.63) is 53.6 Å².